The van der Waals surface area contributed by atoms with Crippen LogP contribution in [0.25, 0.3) is 0 Å². The van der Waals surface area contributed by atoms with Crippen LogP contribution in [-0.4, -0.2) is 5.16 Å². The minimum atomic E-state index is -3.75. The Morgan fingerprint density at radius 3 is 1.68 bits per heavy atom. The summed E-state index contributed by atoms with van der Waals surface area (Å²) in [5.41, 5.74) is 0. The summed E-state index contributed by atoms with van der Waals surface area (Å²) < 4.78 is 26.5. The third-order valence-electron chi connectivity index (χ3n) is 2.09. The minimum absolute atomic E-state index is 0.385. The van der Waals surface area contributed by atoms with Gasteiger partial charge in [-0.15, -0.1) is 0 Å². The zero-order chi connectivity index (χ0) is 13.6. The van der Waals surface area contributed by atoms with Crippen molar-refractivity contribution >= 4 is 25.1 Å². The third-order valence-corrected chi connectivity index (χ3v) is 3.55. The largest absolute Gasteiger partial charge is 0.572 e. The smallest absolute Gasteiger partial charge is 0.399 e. The fourth-order valence-electron chi connectivity index (χ4n) is 1.34. The second-order valence-corrected chi connectivity index (χ2v) is 5.15. The summed E-state index contributed by atoms with van der Waals surface area (Å²) in [7, 11) is -3.75. The van der Waals surface area contributed by atoms with Crippen LogP contribution in [0.3, 0.4) is 0 Å². The molecule has 2 aromatic carbocycles. The Morgan fingerprint density at radius 2 is 1.32 bits per heavy atom. The molecule has 0 radical (unpaired) electrons. The van der Waals surface area contributed by atoms with Crippen molar-refractivity contribution in [2.75, 3.05) is 0 Å². The van der Waals surface area contributed by atoms with E-state index in [1.807, 2.05) is 17.3 Å². The van der Waals surface area contributed by atoms with E-state index >= 15 is 0 Å². The first-order chi connectivity index (χ1) is 9.22. The first-order valence-electron chi connectivity index (χ1n) is 5.41. The van der Waals surface area contributed by atoms with Gasteiger partial charge in [0.1, 0.15) is 11.5 Å². The van der Waals surface area contributed by atoms with Gasteiger partial charge in [0.25, 0.3) is 0 Å². The highest BCUT2D eigenvalue weighted by Gasteiger charge is 2.27. The topological polar surface area (TPSA) is 47.9 Å². The van der Waals surface area contributed by atoms with Gasteiger partial charge in [-0.05, 0) is 36.5 Å². The van der Waals surface area contributed by atoms with Crippen LogP contribution in [0.15, 0.2) is 65.4 Å². The molecule has 0 N–H and O–H groups in total. The Bertz CT molecular complexity index is 581. The number of para-hydroxylation sites is 2. The van der Waals surface area contributed by atoms with Gasteiger partial charge in [-0.1, -0.05) is 41.2 Å². The van der Waals surface area contributed by atoms with Crippen molar-refractivity contribution in [3.05, 3.63) is 60.7 Å². The lowest BCUT2D eigenvalue weighted by atomic mass is 10.3. The molecule has 2 aromatic rings. The van der Waals surface area contributed by atoms with Crippen LogP contribution in [0.5, 0.6) is 11.5 Å². The summed E-state index contributed by atoms with van der Waals surface area (Å²) in [4.78, 5) is 0. The molecule has 0 atom stereocenters. The average molecular weight is 291 g/mol. The van der Waals surface area contributed by atoms with E-state index < -0.39 is 7.75 Å². The van der Waals surface area contributed by atoms with Crippen LogP contribution in [0, 0.1) is 0 Å². The Balaban J connectivity index is 2.23. The van der Waals surface area contributed by atoms with Gasteiger partial charge in [-0.3, -0.25) is 0 Å². The number of benzene rings is 2. The van der Waals surface area contributed by atoms with Crippen molar-refractivity contribution in [2.45, 2.75) is 0 Å². The lowest BCUT2D eigenvalue weighted by Gasteiger charge is -2.14. The summed E-state index contributed by atoms with van der Waals surface area (Å²) in [6.07, 6.45) is 0. The predicted molar refractivity (Wildman–Crippen MR) is 76.8 cm³/mol. The van der Waals surface area contributed by atoms with Crippen LogP contribution in [0.2, 0.25) is 0 Å². The van der Waals surface area contributed by atoms with E-state index in [0.717, 1.165) is 0 Å². The van der Waals surface area contributed by atoms with Crippen molar-refractivity contribution in [1.82, 2.24) is 0 Å². The zero-order valence-corrected chi connectivity index (χ0v) is 11.5. The molecule has 0 aliphatic carbocycles. The van der Waals surface area contributed by atoms with Gasteiger partial charge in [0.05, 0.1) is 5.16 Å². The van der Waals surface area contributed by atoms with Crippen LogP contribution < -0.4 is 9.05 Å². The van der Waals surface area contributed by atoms with Crippen LogP contribution >= 0.6 is 20.0 Å². The SMILES string of the molecule is O=P(N=C=S)(Oc1ccccc1)Oc1ccccc1. The van der Waals surface area contributed by atoms with E-state index in [4.69, 9.17) is 9.05 Å². The predicted octanol–water partition coefficient (Wildman–Crippen LogP) is 4.36. The summed E-state index contributed by atoms with van der Waals surface area (Å²) in [6, 6.07) is 17.3. The minimum Gasteiger partial charge on any atom is -0.399 e. The highest BCUT2D eigenvalue weighted by Crippen LogP contribution is 2.49. The maximum absolute atomic E-state index is 12.4. The van der Waals surface area contributed by atoms with Crippen LogP contribution in [-0.2, 0) is 4.57 Å². The number of nitrogens with zero attached hydrogens (tertiary/aromatic N) is 1. The maximum atomic E-state index is 12.4. The van der Waals surface area contributed by atoms with Crippen molar-refractivity contribution < 1.29 is 13.6 Å². The Kier molecular flexibility index (Phi) is 4.48. The van der Waals surface area contributed by atoms with Gasteiger partial charge in [0, 0.05) is 0 Å². The molecule has 4 nitrogen and oxygen atoms in total. The van der Waals surface area contributed by atoms with E-state index in [1.54, 1.807) is 48.5 Å². The summed E-state index contributed by atoms with van der Waals surface area (Å²) in [6.45, 7) is 0. The van der Waals surface area contributed by atoms with Gasteiger partial charge in [0.2, 0.25) is 0 Å². The van der Waals surface area contributed by atoms with E-state index in [1.165, 1.54) is 0 Å². The van der Waals surface area contributed by atoms with Crippen molar-refractivity contribution in [3.63, 3.8) is 0 Å². The summed E-state index contributed by atoms with van der Waals surface area (Å²) in [5, 5.41) is 2.04. The van der Waals surface area contributed by atoms with Gasteiger partial charge < -0.3 is 9.05 Å². The number of thiocarbonyl (C=S) groups is 1. The standard InChI is InChI=1S/C13H10NO3PS/c15-18(14-11-19,16-12-7-3-1-4-8-12)17-13-9-5-2-6-10-13/h1-10H. The lowest BCUT2D eigenvalue weighted by molar-refractivity contribution is 0.388. The fraction of sp³-hybridized carbons (Fsp3) is 0. The molecule has 19 heavy (non-hydrogen) atoms. The molecule has 0 aliphatic rings. The quantitative estimate of drug-likeness (QED) is 0.466. The maximum Gasteiger partial charge on any atom is 0.572 e. The molecular weight excluding hydrogens is 281 g/mol. The first-order valence-corrected chi connectivity index (χ1v) is 7.31. The molecule has 0 unspecified atom stereocenters. The normalized spacial score (nSPS) is 10.3. The van der Waals surface area contributed by atoms with Gasteiger partial charge in [0.15, 0.2) is 0 Å². The number of hydrogen-bond donors (Lipinski definition) is 0. The van der Waals surface area contributed by atoms with E-state index in [9.17, 15) is 4.57 Å². The van der Waals surface area contributed by atoms with Gasteiger partial charge in [-0.25, -0.2) is 4.57 Å². The summed E-state index contributed by atoms with van der Waals surface area (Å²) in [5.74, 6) is 0.770. The van der Waals surface area contributed by atoms with Crippen molar-refractivity contribution in [1.29, 1.82) is 0 Å². The molecule has 0 spiro atoms. The molecule has 96 valence electrons. The second kappa shape index (κ2) is 6.30. The third kappa shape index (κ3) is 4.04. The van der Waals surface area contributed by atoms with E-state index in [0.29, 0.717) is 11.5 Å². The molecular formula is C13H10NO3PS. The fourth-order valence-corrected chi connectivity index (χ4v) is 2.63. The van der Waals surface area contributed by atoms with E-state index in [2.05, 4.69) is 17.0 Å². The molecule has 0 saturated carbocycles. The summed E-state index contributed by atoms with van der Waals surface area (Å²) >= 11 is 4.48. The van der Waals surface area contributed by atoms with Crippen LogP contribution in [0.4, 0.5) is 0 Å². The molecule has 0 aliphatic heterocycles. The highest BCUT2D eigenvalue weighted by molar-refractivity contribution is 7.78. The number of hydrogen-bond acceptors (Lipinski definition) is 4. The number of rotatable bonds is 5. The molecule has 6 heteroatoms. The van der Waals surface area contributed by atoms with Crippen molar-refractivity contribution in [2.24, 2.45) is 4.76 Å². The molecule has 0 aromatic heterocycles. The van der Waals surface area contributed by atoms with Crippen LogP contribution in [0.1, 0.15) is 0 Å². The highest BCUT2D eigenvalue weighted by atomic mass is 32.1. The molecule has 0 bridgehead atoms. The Morgan fingerprint density at radius 1 is 0.895 bits per heavy atom. The Hall–Kier alpha value is -1.93. The molecule has 0 amide bonds. The molecule has 0 fully saturated rings. The monoisotopic (exact) mass is 291 g/mol. The van der Waals surface area contributed by atoms with Crippen molar-refractivity contribution in [3.8, 4) is 11.5 Å². The average Bonchev–Trinajstić information content (AvgIpc) is 2.41. The molecule has 0 saturated heterocycles. The second-order valence-electron chi connectivity index (χ2n) is 3.47. The zero-order valence-electron chi connectivity index (χ0n) is 9.80. The Labute approximate surface area is 116 Å². The van der Waals surface area contributed by atoms with Gasteiger partial charge in [-0.2, -0.15) is 0 Å². The van der Waals surface area contributed by atoms with Gasteiger partial charge >= 0.3 is 7.75 Å². The van der Waals surface area contributed by atoms with E-state index in [-0.39, 0.29) is 0 Å². The lowest BCUT2D eigenvalue weighted by Crippen LogP contribution is -1.98. The number of isothiocyanates is 1. The molecule has 0 heterocycles. The molecule has 2 rings (SSSR count). The first kappa shape index (κ1) is 13.5.